The molecule has 3 rings (SSSR count). The van der Waals surface area contributed by atoms with Gasteiger partial charge in [-0.3, -0.25) is 4.90 Å². The normalized spacial score (nSPS) is 29.4. The highest BCUT2D eigenvalue weighted by Crippen LogP contribution is 2.34. The number of sulfonamides is 1. The van der Waals surface area contributed by atoms with E-state index in [2.05, 4.69) is 4.90 Å². The van der Waals surface area contributed by atoms with Gasteiger partial charge < -0.3 is 13.9 Å². The summed E-state index contributed by atoms with van der Waals surface area (Å²) in [5.74, 6) is 0.922. The first-order chi connectivity index (χ1) is 11.4. The molecule has 24 heavy (non-hydrogen) atoms. The van der Waals surface area contributed by atoms with Crippen molar-refractivity contribution in [2.45, 2.75) is 31.1 Å². The van der Waals surface area contributed by atoms with Gasteiger partial charge in [0, 0.05) is 19.6 Å². The van der Waals surface area contributed by atoms with Crippen LogP contribution < -0.4 is 0 Å². The molecular formula is C16H26N2O5S. The fourth-order valence-electron chi connectivity index (χ4n) is 3.48. The molecule has 136 valence electrons. The van der Waals surface area contributed by atoms with Crippen LogP contribution in [-0.2, 0) is 26.0 Å². The smallest absolute Gasteiger partial charge is 0.211 e. The Balaban J connectivity index is 1.58. The van der Waals surface area contributed by atoms with Crippen molar-refractivity contribution in [1.82, 2.24) is 9.21 Å². The van der Waals surface area contributed by atoms with Crippen LogP contribution in [0.15, 0.2) is 22.8 Å². The van der Waals surface area contributed by atoms with Crippen molar-refractivity contribution in [3.05, 3.63) is 24.2 Å². The van der Waals surface area contributed by atoms with Crippen molar-refractivity contribution in [2.24, 2.45) is 0 Å². The Kier molecular flexibility index (Phi) is 5.31. The Labute approximate surface area is 143 Å². The first-order valence-corrected chi connectivity index (χ1v) is 10.1. The molecule has 7 nitrogen and oxygen atoms in total. The zero-order chi connectivity index (χ0) is 17.2. The van der Waals surface area contributed by atoms with Crippen molar-refractivity contribution >= 4 is 10.0 Å². The van der Waals surface area contributed by atoms with E-state index in [0.29, 0.717) is 26.3 Å². The Morgan fingerprint density at radius 2 is 2.29 bits per heavy atom. The summed E-state index contributed by atoms with van der Waals surface area (Å²) in [7, 11) is -1.21. The molecule has 8 heteroatoms. The van der Waals surface area contributed by atoms with E-state index in [1.165, 1.54) is 10.6 Å². The van der Waals surface area contributed by atoms with Crippen LogP contribution in [0.25, 0.3) is 0 Å². The summed E-state index contributed by atoms with van der Waals surface area (Å²) in [5, 5.41) is 0. The van der Waals surface area contributed by atoms with E-state index in [9.17, 15) is 8.42 Å². The average molecular weight is 358 g/mol. The van der Waals surface area contributed by atoms with Gasteiger partial charge >= 0.3 is 0 Å². The molecule has 0 saturated carbocycles. The molecule has 1 aromatic heterocycles. The van der Waals surface area contributed by atoms with E-state index in [-0.39, 0.29) is 6.10 Å². The molecule has 0 aliphatic carbocycles. The zero-order valence-corrected chi connectivity index (χ0v) is 15.1. The lowest BCUT2D eigenvalue weighted by molar-refractivity contribution is -0.0874. The van der Waals surface area contributed by atoms with Crippen LogP contribution in [0, 0.1) is 0 Å². The van der Waals surface area contributed by atoms with E-state index in [0.717, 1.165) is 31.7 Å². The van der Waals surface area contributed by atoms with Crippen LogP contribution in [0.5, 0.6) is 0 Å². The molecule has 2 atom stereocenters. The number of furan rings is 1. The average Bonchev–Trinajstić information content (AvgIpc) is 3.06. The highest BCUT2D eigenvalue weighted by atomic mass is 32.2. The van der Waals surface area contributed by atoms with Crippen LogP contribution in [0.4, 0.5) is 0 Å². The van der Waals surface area contributed by atoms with Gasteiger partial charge in [-0.1, -0.05) is 0 Å². The van der Waals surface area contributed by atoms with Crippen molar-refractivity contribution in [2.75, 3.05) is 46.2 Å². The third-order valence-corrected chi connectivity index (χ3v) is 5.89. The number of nitrogens with zero attached hydrogens (tertiary/aromatic N) is 2. The molecule has 1 spiro atoms. The minimum atomic E-state index is -3.24. The lowest BCUT2D eigenvalue weighted by Gasteiger charge is -2.31. The van der Waals surface area contributed by atoms with Gasteiger partial charge in [-0.05, 0) is 32.0 Å². The van der Waals surface area contributed by atoms with Crippen molar-refractivity contribution in [3.8, 4) is 0 Å². The second-order valence-electron chi connectivity index (χ2n) is 6.89. The number of hydrogen-bond donors (Lipinski definition) is 0. The summed E-state index contributed by atoms with van der Waals surface area (Å²) in [5.41, 5.74) is -0.518. The van der Waals surface area contributed by atoms with E-state index < -0.39 is 15.6 Å². The minimum Gasteiger partial charge on any atom is -0.468 e. The Bertz CT molecular complexity index is 633. The van der Waals surface area contributed by atoms with Gasteiger partial charge in [0.15, 0.2) is 0 Å². The Morgan fingerprint density at radius 1 is 1.46 bits per heavy atom. The van der Waals surface area contributed by atoms with Crippen molar-refractivity contribution in [3.63, 3.8) is 0 Å². The predicted octanol–water partition coefficient (Wildman–Crippen LogP) is 0.921. The van der Waals surface area contributed by atoms with Crippen molar-refractivity contribution in [1.29, 1.82) is 0 Å². The van der Waals surface area contributed by atoms with E-state index in [1.54, 1.807) is 6.26 Å². The third kappa shape index (κ3) is 4.37. The molecule has 2 aliphatic heterocycles. The van der Waals surface area contributed by atoms with Crippen LogP contribution >= 0.6 is 0 Å². The van der Waals surface area contributed by atoms with Gasteiger partial charge in [0.25, 0.3) is 0 Å². The number of rotatable bonds is 5. The number of hydrogen-bond acceptors (Lipinski definition) is 6. The number of likely N-dealkylation sites (N-methyl/N-ethyl adjacent to an activating group) is 1. The number of ether oxygens (including phenoxy) is 2. The predicted molar refractivity (Wildman–Crippen MR) is 89.1 cm³/mol. The minimum absolute atomic E-state index is 0.0769. The van der Waals surface area contributed by atoms with Gasteiger partial charge in [-0.2, -0.15) is 4.31 Å². The summed E-state index contributed by atoms with van der Waals surface area (Å²) in [6.07, 6.45) is 4.72. The Morgan fingerprint density at radius 3 is 3.00 bits per heavy atom. The van der Waals surface area contributed by atoms with Crippen LogP contribution in [-0.4, -0.2) is 75.5 Å². The van der Waals surface area contributed by atoms with Gasteiger partial charge in [0.1, 0.15) is 11.4 Å². The largest absolute Gasteiger partial charge is 0.468 e. The summed E-state index contributed by atoms with van der Waals surface area (Å²) < 4.78 is 42.6. The second-order valence-corrected chi connectivity index (χ2v) is 8.87. The highest BCUT2D eigenvalue weighted by Gasteiger charge is 2.44. The molecule has 3 heterocycles. The van der Waals surface area contributed by atoms with Crippen molar-refractivity contribution < 1.29 is 22.3 Å². The molecule has 0 N–H and O–H groups in total. The third-order valence-electron chi connectivity index (χ3n) is 4.64. The summed E-state index contributed by atoms with van der Waals surface area (Å²) in [6.45, 7) is 3.16. The fourth-order valence-corrected chi connectivity index (χ4v) is 4.36. The van der Waals surface area contributed by atoms with Gasteiger partial charge in [-0.25, -0.2) is 8.42 Å². The van der Waals surface area contributed by atoms with E-state index >= 15 is 0 Å². The maximum absolute atomic E-state index is 11.9. The molecule has 0 radical (unpaired) electrons. The van der Waals surface area contributed by atoms with Crippen LogP contribution in [0.3, 0.4) is 0 Å². The highest BCUT2D eigenvalue weighted by molar-refractivity contribution is 7.88. The van der Waals surface area contributed by atoms with E-state index in [1.807, 2.05) is 19.2 Å². The first-order valence-electron chi connectivity index (χ1n) is 8.28. The first kappa shape index (κ1) is 17.9. The van der Waals surface area contributed by atoms with Crippen LogP contribution in [0.1, 0.15) is 18.6 Å². The molecule has 2 saturated heterocycles. The zero-order valence-electron chi connectivity index (χ0n) is 14.3. The summed E-state index contributed by atoms with van der Waals surface area (Å²) in [4.78, 5) is 2.16. The molecule has 0 aromatic carbocycles. The molecular weight excluding hydrogens is 332 g/mol. The molecule has 1 aromatic rings. The lowest BCUT2D eigenvalue weighted by atomic mass is 10.0. The maximum atomic E-state index is 11.9. The molecule has 2 aliphatic rings. The monoisotopic (exact) mass is 358 g/mol. The lowest BCUT2D eigenvalue weighted by Crippen LogP contribution is -2.46. The van der Waals surface area contributed by atoms with Gasteiger partial charge in [-0.15, -0.1) is 0 Å². The quantitative estimate of drug-likeness (QED) is 0.779. The van der Waals surface area contributed by atoms with Gasteiger partial charge in [0.05, 0.1) is 38.4 Å². The fraction of sp³-hybridized carbons (Fsp3) is 0.750. The summed E-state index contributed by atoms with van der Waals surface area (Å²) in [6, 6.07) is 3.84. The SMILES string of the molecule is CN(Cc1ccco1)CC1CCC2(COCCN(S(C)(=O)=O)C2)O1. The van der Waals surface area contributed by atoms with Crippen LogP contribution in [0.2, 0.25) is 0 Å². The molecule has 2 fully saturated rings. The summed E-state index contributed by atoms with van der Waals surface area (Å²) >= 11 is 0. The van der Waals surface area contributed by atoms with Gasteiger partial charge in [0.2, 0.25) is 10.0 Å². The second kappa shape index (κ2) is 7.13. The maximum Gasteiger partial charge on any atom is 0.211 e. The molecule has 0 amide bonds. The molecule has 0 bridgehead atoms. The topological polar surface area (TPSA) is 72.2 Å². The Hall–Kier alpha value is -0.930. The molecule has 2 unspecified atom stereocenters. The van der Waals surface area contributed by atoms with E-state index in [4.69, 9.17) is 13.9 Å². The standard InChI is InChI=1S/C16H26N2O5S/c1-17(10-14-4-3-8-22-14)11-15-5-6-16(23-15)12-18(24(2,19)20)7-9-21-13-16/h3-4,8,15H,5-7,9-13H2,1-2H3.